The Bertz CT molecular complexity index is 889. The molecular formula is C21H28N4O3S. The third-order valence-corrected chi connectivity index (χ3v) is 7.71. The lowest BCUT2D eigenvalue weighted by Gasteiger charge is -2.41. The lowest BCUT2D eigenvalue weighted by molar-refractivity contribution is 0.0563. The second-order valence-corrected chi connectivity index (χ2v) is 10.2. The van der Waals surface area contributed by atoms with Crippen LogP contribution in [0.3, 0.4) is 0 Å². The van der Waals surface area contributed by atoms with Crippen molar-refractivity contribution in [2.45, 2.75) is 38.3 Å². The number of nitriles is 2. The predicted molar refractivity (Wildman–Crippen MR) is 110 cm³/mol. The Hall–Kier alpha value is -2.13. The molecule has 2 saturated heterocycles. The van der Waals surface area contributed by atoms with Gasteiger partial charge in [0, 0.05) is 37.5 Å². The lowest BCUT2D eigenvalue weighted by Crippen LogP contribution is -2.54. The number of nitrogens with zero attached hydrogens (tertiary/aromatic N) is 4. The van der Waals surface area contributed by atoms with Crippen molar-refractivity contribution in [3.63, 3.8) is 0 Å². The molecule has 2 aliphatic rings. The van der Waals surface area contributed by atoms with Gasteiger partial charge in [-0.15, -0.1) is 0 Å². The van der Waals surface area contributed by atoms with E-state index in [1.54, 1.807) is 25.1 Å². The van der Waals surface area contributed by atoms with E-state index in [1.807, 2.05) is 6.07 Å². The highest BCUT2D eigenvalue weighted by atomic mass is 32.2. The zero-order valence-corrected chi connectivity index (χ0v) is 17.7. The van der Waals surface area contributed by atoms with Gasteiger partial charge in [-0.1, -0.05) is 6.92 Å². The van der Waals surface area contributed by atoms with Crippen LogP contribution in [-0.2, 0) is 9.84 Å². The highest BCUT2D eigenvalue weighted by molar-refractivity contribution is 7.91. The largest absolute Gasteiger partial charge is 0.491 e. The normalized spacial score (nSPS) is 22.2. The van der Waals surface area contributed by atoms with E-state index >= 15 is 0 Å². The van der Waals surface area contributed by atoms with Crippen LogP contribution < -0.4 is 4.74 Å². The molecule has 156 valence electrons. The molecule has 8 heteroatoms. The van der Waals surface area contributed by atoms with Gasteiger partial charge in [-0.3, -0.25) is 4.90 Å². The molecule has 2 aliphatic heterocycles. The summed E-state index contributed by atoms with van der Waals surface area (Å²) in [4.78, 5) is 4.90. The first-order valence-corrected chi connectivity index (χ1v) is 12.0. The standard InChI is InChI=1S/C21H28N4O3S/c1-2-29(26,27)11-3-8-24-15-19-5-6-20(16-24)25(19)9-10-28-21-7-4-17(13-22)12-18(21)14-23/h4,7,12,19-20H,2-3,5-6,8-11,15-16H2,1H3. The Balaban J connectivity index is 1.47. The number of hydrogen-bond acceptors (Lipinski definition) is 7. The molecular weight excluding hydrogens is 388 g/mol. The molecule has 29 heavy (non-hydrogen) atoms. The summed E-state index contributed by atoms with van der Waals surface area (Å²) in [6.07, 6.45) is 3.03. The summed E-state index contributed by atoms with van der Waals surface area (Å²) in [5.74, 6) is 1.02. The number of rotatable bonds is 9. The molecule has 7 nitrogen and oxygen atoms in total. The molecule has 0 amide bonds. The van der Waals surface area contributed by atoms with E-state index in [2.05, 4.69) is 15.9 Å². The molecule has 2 unspecified atom stereocenters. The van der Waals surface area contributed by atoms with Crippen LogP contribution in [0.2, 0.25) is 0 Å². The molecule has 0 spiro atoms. The highest BCUT2D eigenvalue weighted by Crippen LogP contribution is 2.30. The first-order chi connectivity index (χ1) is 14.0. The zero-order chi connectivity index (χ0) is 20.9. The summed E-state index contributed by atoms with van der Waals surface area (Å²) in [6, 6.07) is 9.99. The van der Waals surface area contributed by atoms with Gasteiger partial charge in [0.25, 0.3) is 0 Å². The molecule has 2 atom stereocenters. The average molecular weight is 417 g/mol. The maximum atomic E-state index is 11.7. The molecule has 0 radical (unpaired) electrons. The van der Waals surface area contributed by atoms with Gasteiger partial charge in [0.05, 0.1) is 22.9 Å². The fraction of sp³-hybridized carbons (Fsp3) is 0.619. The maximum Gasteiger partial charge on any atom is 0.150 e. The molecule has 0 saturated carbocycles. The maximum absolute atomic E-state index is 11.7. The molecule has 0 N–H and O–H groups in total. The fourth-order valence-electron chi connectivity index (χ4n) is 4.35. The summed E-state index contributed by atoms with van der Waals surface area (Å²) in [7, 11) is -2.89. The van der Waals surface area contributed by atoms with E-state index in [0.717, 1.165) is 39.0 Å². The van der Waals surface area contributed by atoms with Crippen LogP contribution in [0.4, 0.5) is 0 Å². The SMILES string of the molecule is CCS(=O)(=O)CCCN1CC2CCC(C1)N2CCOc1ccc(C#N)cc1C#N. The van der Waals surface area contributed by atoms with Gasteiger partial charge >= 0.3 is 0 Å². The molecule has 2 heterocycles. The second kappa shape index (κ2) is 9.58. The first kappa shape index (κ1) is 21.6. The minimum Gasteiger partial charge on any atom is -0.491 e. The zero-order valence-electron chi connectivity index (χ0n) is 16.9. The minimum atomic E-state index is -2.89. The fourth-order valence-corrected chi connectivity index (χ4v) is 5.21. The van der Waals surface area contributed by atoms with Gasteiger partial charge in [-0.2, -0.15) is 10.5 Å². The van der Waals surface area contributed by atoms with E-state index in [4.69, 9.17) is 10.00 Å². The predicted octanol–water partition coefficient (Wildman–Crippen LogP) is 1.78. The number of fused-ring (bicyclic) bond motifs is 2. The van der Waals surface area contributed by atoms with Crippen LogP contribution in [0.25, 0.3) is 0 Å². The van der Waals surface area contributed by atoms with Crippen molar-refractivity contribution in [2.24, 2.45) is 0 Å². The Morgan fingerprint density at radius 1 is 1.14 bits per heavy atom. The van der Waals surface area contributed by atoms with Gasteiger partial charge in [0.2, 0.25) is 0 Å². The molecule has 1 aromatic rings. The summed E-state index contributed by atoms with van der Waals surface area (Å²) in [5, 5.41) is 18.2. The number of ether oxygens (including phenoxy) is 1. The van der Waals surface area contributed by atoms with Crippen LogP contribution in [0.1, 0.15) is 37.3 Å². The summed E-state index contributed by atoms with van der Waals surface area (Å²) in [6.45, 7) is 5.80. The van der Waals surface area contributed by atoms with Crippen LogP contribution in [0, 0.1) is 22.7 Å². The average Bonchev–Trinajstić information content (AvgIpc) is 2.96. The van der Waals surface area contributed by atoms with Gasteiger partial charge in [-0.25, -0.2) is 8.42 Å². The van der Waals surface area contributed by atoms with Crippen molar-refractivity contribution >= 4 is 9.84 Å². The van der Waals surface area contributed by atoms with Crippen LogP contribution in [0.5, 0.6) is 5.75 Å². The van der Waals surface area contributed by atoms with E-state index in [-0.39, 0.29) is 11.5 Å². The number of benzene rings is 1. The summed E-state index contributed by atoms with van der Waals surface area (Å²) >= 11 is 0. The molecule has 2 bridgehead atoms. The van der Waals surface area contributed by atoms with Gasteiger partial charge in [-0.05, 0) is 44.0 Å². The molecule has 1 aromatic carbocycles. The van der Waals surface area contributed by atoms with Crippen molar-refractivity contribution in [3.8, 4) is 17.9 Å². The van der Waals surface area contributed by atoms with Crippen LogP contribution in [0.15, 0.2) is 18.2 Å². The number of piperazine rings is 1. The van der Waals surface area contributed by atoms with Crippen molar-refractivity contribution < 1.29 is 13.2 Å². The van der Waals surface area contributed by atoms with Crippen LogP contribution in [-0.4, -0.2) is 74.6 Å². The number of likely N-dealkylation sites (tertiary alicyclic amines) is 1. The van der Waals surface area contributed by atoms with Crippen molar-refractivity contribution in [1.82, 2.24) is 9.80 Å². The summed E-state index contributed by atoms with van der Waals surface area (Å²) < 4.78 is 29.2. The van der Waals surface area contributed by atoms with Crippen molar-refractivity contribution in [3.05, 3.63) is 29.3 Å². The molecule has 2 fully saturated rings. The monoisotopic (exact) mass is 416 g/mol. The molecule has 3 rings (SSSR count). The van der Waals surface area contributed by atoms with E-state index in [0.29, 0.717) is 42.0 Å². The smallest absolute Gasteiger partial charge is 0.150 e. The van der Waals surface area contributed by atoms with Crippen LogP contribution >= 0.6 is 0 Å². The highest BCUT2D eigenvalue weighted by Gasteiger charge is 2.39. The Labute approximate surface area is 173 Å². The van der Waals surface area contributed by atoms with Crippen molar-refractivity contribution in [1.29, 1.82) is 10.5 Å². The minimum absolute atomic E-state index is 0.221. The first-order valence-electron chi connectivity index (χ1n) is 10.2. The van der Waals surface area contributed by atoms with Gasteiger partial charge in [0.15, 0.2) is 0 Å². The van der Waals surface area contributed by atoms with Gasteiger partial charge < -0.3 is 9.64 Å². The molecule has 0 aromatic heterocycles. The van der Waals surface area contributed by atoms with Gasteiger partial charge in [0.1, 0.15) is 28.3 Å². The van der Waals surface area contributed by atoms with Crippen molar-refractivity contribution in [2.75, 3.05) is 44.3 Å². The Kier molecular flexibility index (Phi) is 7.13. The summed E-state index contributed by atoms with van der Waals surface area (Å²) in [5.41, 5.74) is 0.841. The number of sulfone groups is 1. The quantitative estimate of drug-likeness (QED) is 0.605. The Morgan fingerprint density at radius 2 is 1.86 bits per heavy atom. The molecule has 0 aliphatic carbocycles. The van der Waals surface area contributed by atoms with E-state index < -0.39 is 9.84 Å². The van der Waals surface area contributed by atoms with E-state index in [9.17, 15) is 13.7 Å². The Morgan fingerprint density at radius 3 is 2.48 bits per heavy atom. The third kappa shape index (κ3) is 5.48. The third-order valence-electron chi connectivity index (χ3n) is 5.91. The lowest BCUT2D eigenvalue weighted by atomic mass is 10.1. The second-order valence-electron chi connectivity index (χ2n) is 7.76. The van der Waals surface area contributed by atoms with E-state index in [1.165, 1.54) is 0 Å². The number of hydrogen-bond donors (Lipinski definition) is 0. The topological polar surface area (TPSA) is 97.4 Å².